The molecule has 0 radical (unpaired) electrons. The maximum absolute atomic E-state index is 13.6. The Balaban J connectivity index is 1.83. The molecule has 31 heavy (non-hydrogen) atoms. The molecule has 0 aliphatic carbocycles. The number of hydrogen-bond donors (Lipinski definition) is 0. The predicted octanol–water partition coefficient (Wildman–Crippen LogP) is 4.56. The number of carbonyl (C=O) groups excluding carboxylic acids is 1. The zero-order chi connectivity index (χ0) is 21.8. The number of thiazole rings is 1. The summed E-state index contributed by atoms with van der Waals surface area (Å²) in [6.45, 7) is 0.265. The summed E-state index contributed by atoms with van der Waals surface area (Å²) in [4.78, 5) is 24.3. The van der Waals surface area contributed by atoms with Gasteiger partial charge in [0.15, 0.2) is 5.13 Å². The number of anilines is 1. The molecule has 8 heteroatoms. The van der Waals surface area contributed by atoms with Crippen molar-refractivity contribution in [2.45, 2.75) is 6.54 Å². The van der Waals surface area contributed by atoms with Crippen LogP contribution in [0.5, 0.6) is 17.2 Å². The fraction of sp³-hybridized carbons (Fsp3) is 0.174. The molecule has 2 aromatic heterocycles. The van der Waals surface area contributed by atoms with Crippen molar-refractivity contribution in [2.75, 3.05) is 26.2 Å². The Morgan fingerprint density at radius 3 is 2.48 bits per heavy atom. The summed E-state index contributed by atoms with van der Waals surface area (Å²) in [6, 6.07) is 16.3. The van der Waals surface area contributed by atoms with Gasteiger partial charge in [-0.15, -0.1) is 0 Å². The minimum Gasteiger partial charge on any atom is -0.497 e. The third kappa shape index (κ3) is 4.15. The number of ether oxygens (including phenoxy) is 3. The number of rotatable bonds is 7. The number of carbonyl (C=O) groups is 1. The number of amides is 1. The molecule has 158 valence electrons. The van der Waals surface area contributed by atoms with E-state index in [4.69, 9.17) is 19.2 Å². The van der Waals surface area contributed by atoms with E-state index < -0.39 is 0 Å². The molecule has 0 aliphatic rings. The van der Waals surface area contributed by atoms with Crippen molar-refractivity contribution in [3.8, 4) is 17.2 Å². The third-order valence-electron chi connectivity index (χ3n) is 4.74. The fourth-order valence-corrected chi connectivity index (χ4v) is 4.25. The summed E-state index contributed by atoms with van der Waals surface area (Å²) in [6.07, 6.45) is 1.70. The van der Waals surface area contributed by atoms with Gasteiger partial charge in [-0.05, 0) is 42.5 Å². The van der Waals surface area contributed by atoms with Gasteiger partial charge in [-0.2, -0.15) is 0 Å². The molecular formula is C23H21N3O4S. The van der Waals surface area contributed by atoms with E-state index in [0.29, 0.717) is 33.5 Å². The minimum absolute atomic E-state index is 0.207. The molecule has 0 saturated heterocycles. The molecule has 0 unspecified atom stereocenters. The highest BCUT2D eigenvalue weighted by atomic mass is 32.1. The summed E-state index contributed by atoms with van der Waals surface area (Å²) >= 11 is 1.37. The molecule has 1 amide bonds. The quantitative estimate of drug-likeness (QED) is 0.424. The first-order chi connectivity index (χ1) is 15.1. The highest BCUT2D eigenvalue weighted by Gasteiger charge is 2.24. The Labute approximate surface area is 183 Å². The van der Waals surface area contributed by atoms with Gasteiger partial charge in [-0.3, -0.25) is 14.7 Å². The lowest BCUT2D eigenvalue weighted by Crippen LogP contribution is -2.30. The highest BCUT2D eigenvalue weighted by molar-refractivity contribution is 7.22. The Kier molecular flexibility index (Phi) is 5.99. The van der Waals surface area contributed by atoms with Crippen LogP contribution in [-0.2, 0) is 6.54 Å². The second kappa shape index (κ2) is 9.01. The SMILES string of the molecule is COc1cccc(C(=O)N(Cc2ccccn2)c2nc3c(OC)ccc(OC)c3s2)c1. The maximum Gasteiger partial charge on any atom is 0.260 e. The van der Waals surface area contributed by atoms with Crippen LogP contribution in [0.15, 0.2) is 60.8 Å². The first kappa shape index (κ1) is 20.6. The Bertz CT molecular complexity index is 1170. The Morgan fingerprint density at radius 2 is 1.77 bits per heavy atom. The van der Waals surface area contributed by atoms with Crippen molar-refractivity contribution in [1.29, 1.82) is 0 Å². The van der Waals surface area contributed by atoms with E-state index in [9.17, 15) is 4.79 Å². The van der Waals surface area contributed by atoms with Gasteiger partial charge in [-0.25, -0.2) is 4.98 Å². The summed E-state index contributed by atoms with van der Waals surface area (Å²) in [5.41, 5.74) is 1.89. The molecule has 4 rings (SSSR count). The summed E-state index contributed by atoms with van der Waals surface area (Å²) in [5.74, 6) is 1.69. The van der Waals surface area contributed by atoms with Crippen LogP contribution in [0.1, 0.15) is 16.1 Å². The third-order valence-corrected chi connectivity index (χ3v) is 5.83. The number of hydrogen-bond acceptors (Lipinski definition) is 7. The predicted molar refractivity (Wildman–Crippen MR) is 120 cm³/mol. The van der Waals surface area contributed by atoms with Crippen LogP contribution >= 0.6 is 11.3 Å². The van der Waals surface area contributed by atoms with Crippen molar-refractivity contribution in [2.24, 2.45) is 0 Å². The second-order valence-corrected chi connectivity index (χ2v) is 7.57. The molecule has 7 nitrogen and oxygen atoms in total. The van der Waals surface area contributed by atoms with Gasteiger partial charge < -0.3 is 14.2 Å². The van der Waals surface area contributed by atoms with Gasteiger partial charge in [-0.1, -0.05) is 23.5 Å². The zero-order valence-electron chi connectivity index (χ0n) is 17.4. The number of methoxy groups -OCH3 is 3. The number of benzene rings is 2. The summed E-state index contributed by atoms with van der Waals surface area (Å²) in [7, 11) is 4.77. The van der Waals surface area contributed by atoms with Crippen LogP contribution < -0.4 is 19.1 Å². The van der Waals surface area contributed by atoms with Crippen molar-refractivity contribution in [3.63, 3.8) is 0 Å². The van der Waals surface area contributed by atoms with Gasteiger partial charge in [0.25, 0.3) is 5.91 Å². The minimum atomic E-state index is -0.207. The topological polar surface area (TPSA) is 73.8 Å². The van der Waals surface area contributed by atoms with E-state index in [2.05, 4.69) is 4.98 Å². The van der Waals surface area contributed by atoms with Gasteiger partial charge in [0.2, 0.25) is 0 Å². The first-order valence-corrected chi connectivity index (χ1v) is 10.3. The van der Waals surface area contributed by atoms with Crippen LogP contribution in [-0.4, -0.2) is 37.2 Å². The van der Waals surface area contributed by atoms with E-state index >= 15 is 0 Å². The molecule has 0 spiro atoms. The molecule has 2 heterocycles. The fourth-order valence-electron chi connectivity index (χ4n) is 3.18. The lowest BCUT2D eigenvalue weighted by Gasteiger charge is -2.20. The first-order valence-electron chi connectivity index (χ1n) is 9.52. The number of fused-ring (bicyclic) bond motifs is 1. The van der Waals surface area contributed by atoms with Gasteiger partial charge in [0.05, 0.1) is 33.6 Å². The highest BCUT2D eigenvalue weighted by Crippen LogP contribution is 2.40. The largest absolute Gasteiger partial charge is 0.497 e. The van der Waals surface area contributed by atoms with Crippen LogP contribution in [0.4, 0.5) is 5.13 Å². The number of pyridine rings is 1. The molecule has 4 aromatic rings. The van der Waals surface area contributed by atoms with Gasteiger partial charge in [0, 0.05) is 11.8 Å². The number of nitrogens with zero attached hydrogens (tertiary/aromatic N) is 3. The van der Waals surface area contributed by atoms with Crippen LogP contribution in [0.3, 0.4) is 0 Å². The molecule has 0 fully saturated rings. The van der Waals surface area contributed by atoms with Crippen LogP contribution in [0.25, 0.3) is 10.2 Å². The van der Waals surface area contributed by atoms with Crippen molar-refractivity contribution in [3.05, 3.63) is 72.1 Å². The average molecular weight is 436 g/mol. The Morgan fingerprint density at radius 1 is 0.968 bits per heavy atom. The molecular weight excluding hydrogens is 414 g/mol. The van der Waals surface area contributed by atoms with E-state index in [0.717, 1.165) is 10.4 Å². The molecule has 2 aromatic carbocycles. The van der Waals surface area contributed by atoms with Crippen LogP contribution in [0.2, 0.25) is 0 Å². The average Bonchev–Trinajstić information content (AvgIpc) is 3.27. The lowest BCUT2D eigenvalue weighted by atomic mass is 10.2. The lowest BCUT2D eigenvalue weighted by molar-refractivity contribution is 0.0984. The van der Waals surface area contributed by atoms with E-state index in [-0.39, 0.29) is 12.5 Å². The molecule has 0 bridgehead atoms. The molecule has 0 aliphatic heterocycles. The Hall–Kier alpha value is -3.65. The monoisotopic (exact) mass is 435 g/mol. The number of aromatic nitrogens is 2. The standard InChI is InChI=1S/C23H21N3O4S/c1-28-17-9-6-7-15(13-17)22(27)26(14-16-8-4-5-12-24-16)23-25-20-18(29-2)10-11-19(30-3)21(20)31-23/h4-13H,14H2,1-3H3. The van der Waals surface area contributed by atoms with Gasteiger partial charge >= 0.3 is 0 Å². The van der Waals surface area contributed by atoms with E-state index in [1.165, 1.54) is 11.3 Å². The molecule has 0 N–H and O–H groups in total. The van der Waals surface area contributed by atoms with Crippen molar-refractivity contribution in [1.82, 2.24) is 9.97 Å². The van der Waals surface area contributed by atoms with E-state index in [1.807, 2.05) is 24.3 Å². The van der Waals surface area contributed by atoms with Gasteiger partial charge in [0.1, 0.15) is 27.5 Å². The molecule has 0 saturated carbocycles. The van der Waals surface area contributed by atoms with Crippen molar-refractivity contribution < 1.29 is 19.0 Å². The normalized spacial score (nSPS) is 10.7. The zero-order valence-corrected chi connectivity index (χ0v) is 18.2. The van der Waals surface area contributed by atoms with Crippen LogP contribution in [0, 0.1) is 0 Å². The van der Waals surface area contributed by atoms with Crippen molar-refractivity contribution >= 4 is 32.6 Å². The molecule has 0 atom stereocenters. The summed E-state index contributed by atoms with van der Waals surface area (Å²) < 4.78 is 17.1. The second-order valence-electron chi connectivity index (χ2n) is 6.59. The summed E-state index contributed by atoms with van der Waals surface area (Å²) in [5, 5.41) is 0.524. The van der Waals surface area contributed by atoms with E-state index in [1.54, 1.807) is 62.8 Å². The smallest absolute Gasteiger partial charge is 0.260 e. The maximum atomic E-state index is 13.6.